The average molecular weight is 271 g/mol. The summed E-state index contributed by atoms with van der Waals surface area (Å²) < 4.78 is 4.96. The van der Waals surface area contributed by atoms with Gasteiger partial charge in [-0.15, -0.1) is 0 Å². The van der Waals surface area contributed by atoms with Crippen molar-refractivity contribution in [3.05, 3.63) is 64.2 Å². The molecule has 0 aliphatic rings. The number of carbonyl (C=O) groups excluding carboxylic acids is 1. The number of nitro benzene ring substituents is 1. The van der Waals surface area contributed by atoms with Crippen molar-refractivity contribution in [2.75, 3.05) is 6.61 Å². The molecule has 2 aromatic carbocycles. The molecule has 0 spiro atoms. The molecule has 20 heavy (non-hydrogen) atoms. The van der Waals surface area contributed by atoms with Crippen LogP contribution < -0.4 is 0 Å². The van der Waals surface area contributed by atoms with Gasteiger partial charge in [-0.3, -0.25) is 10.1 Å². The zero-order chi connectivity index (χ0) is 14.5. The van der Waals surface area contributed by atoms with Gasteiger partial charge in [0.2, 0.25) is 0 Å². The predicted molar refractivity (Wildman–Crippen MR) is 74.5 cm³/mol. The predicted octanol–water partition coefficient (Wildman–Crippen LogP) is 3.44. The lowest BCUT2D eigenvalue weighted by Crippen LogP contribution is -2.07. The fraction of sp³-hybridized carbons (Fsp3) is 0.133. The molecule has 0 heterocycles. The maximum atomic E-state index is 12.0. The number of rotatable bonds is 4. The number of nitro groups is 1. The van der Waals surface area contributed by atoms with Gasteiger partial charge >= 0.3 is 5.97 Å². The van der Waals surface area contributed by atoms with Crippen molar-refractivity contribution in [1.29, 1.82) is 0 Å². The number of hydrogen-bond donors (Lipinski definition) is 0. The average Bonchev–Trinajstić information content (AvgIpc) is 2.47. The fourth-order valence-electron chi connectivity index (χ4n) is 1.89. The van der Waals surface area contributed by atoms with Crippen molar-refractivity contribution < 1.29 is 14.5 Å². The SMILES string of the molecule is CCOC(=O)c1cc([N+](=O)[O-])ccc1-c1ccccc1. The van der Waals surface area contributed by atoms with Crippen LogP contribution in [0.3, 0.4) is 0 Å². The molecule has 2 aromatic rings. The Morgan fingerprint density at radius 1 is 1.20 bits per heavy atom. The van der Waals surface area contributed by atoms with Gasteiger partial charge in [0.25, 0.3) is 5.69 Å². The Balaban J connectivity index is 2.56. The van der Waals surface area contributed by atoms with Crippen LogP contribution >= 0.6 is 0 Å². The number of non-ortho nitro benzene ring substituents is 1. The normalized spacial score (nSPS) is 10.1. The number of carbonyl (C=O) groups is 1. The molecule has 5 heteroatoms. The summed E-state index contributed by atoms with van der Waals surface area (Å²) in [6.07, 6.45) is 0. The molecular formula is C15H13NO4. The lowest BCUT2D eigenvalue weighted by molar-refractivity contribution is -0.384. The van der Waals surface area contributed by atoms with E-state index in [0.29, 0.717) is 5.56 Å². The summed E-state index contributed by atoms with van der Waals surface area (Å²) in [6, 6.07) is 13.4. The van der Waals surface area contributed by atoms with E-state index >= 15 is 0 Å². The number of esters is 1. The van der Waals surface area contributed by atoms with Crippen LogP contribution in [0.2, 0.25) is 0 Å². The molecule has 0 amide bonds. The summed E-state index contributed by atoms with van der Waals surface area (Å²) in [7, 11) is 0. The van der Waals surface area contributed by atoms with Gasteiger partial charge in [0.15, 0.2) is 0 Å². The van der Waals surface area contributed by atoms with Gasteiger partial charge in [-0.05, 0) is 24.1 Å². The molecule has 0 fully saturated rings. The van der Waals surface area contributed by atoms with Crippen molar-refractivity contribution in [3.63, 3.8) is 0 Å². The quantitative estimate of drug-likeness (QED) is 0.485. The van der Waals surface area contributed by atoms with E-state index in [2.05, 4.69) is 0 Å². The second kappa shape index (κ2) is 5.97. The zero-order valence-electron chi connectivity index (χ0n) is 10.9. The Morgan fingerprint density at radius 3 is 2.50 bits per heavy atom. The first kappa shape index (κ1) is 13.7. The highest BCUT2D eigenvalue weighted by molar-refractivity contribution is 5.98. The highest BCUT2D eigenvalue weighted by atomic mass is 16.6. The van der Waals surface area contributed by atoms with E-state index in [1.165, 1.54) is 12.1 Å². The van der Waals surface area contributed by atoms with Crippen LogP contribution in [0, 0.1) is 10.1 Å². The van der Waals surface area contributed by atoms with Crippen LogP contribution in [0.4, 0.5) is 5.69 Å². The lowest BCUT2D eigenvalue weighted by Gasteiger charge is -2.09. The van der Waals surface area contributed by atoms with E-state index in [9.17, 15) is 14.9 Å². The first-order valence-electron chi connectivity index (χ1n) is 6.14. The Kier molecular flexibility index (Phi) is 4.10. The summed E-state index contributed by atoms with van der Waals surface area (Å²) in [5, 5.41) is 10.8. The molecule has 0 saturated heterocycles. The van der Waals surface area contributed by atoms with E-state index in [1.807, 2.05) is 30.3 Å². The molecule has 0 radical (unpaired) electrons. The first-order valence-corrected chi connectivity index (χ1v) is 6.14. The summed E-state index contributed by atoms with van der Waals surface area (Å²) in [4.78, 5) is 22.3. The van der Waals surface area contributed by atoms with Crippen molar-refractivity contribution in [2.45, 2.75) is 6.92 Å². The van der Waals surface area contributed by atoms with E-state index in [4.69, 9.17) is 4.74 Å². The Morgan fingerprint density at radius 2 is 1.90 bits per heavy atom. The molecule has 2 rings (SSSR count). The van der Waals surface area contributed by atoms with Gasteiger partial charge in [-0.25, -0.2) is 4.79 Å². The molecule has 102 valence electrons. The van der Waals surface area contributed by atoms with E-state index in [-0.39, 0.29) is 17.9 Å². The first-order chi connectivity index (χ1) is 9.63. The topological polar surface area (TPSA) is 69.4 Å². The van der Waals surface area contributed by atoms with Gasteiger partial charge < -0.3 is 4.74 Å². The molecule has 0 atom stereocenters. The largest absolute Gasteiger partial charge is 0.462 e. The smallest absolute Gasteiger partial charge is 0.339 e. The number of ether oxygens (including phenoxy) is 1. The Labute approximate surface area is 116 Å². The van der Waals surface area contributed by atoms with Gasteiger partial charge in [0.05, 0.1) is 17.1 Å². The molecule has 0 N–H and O–H groups in total. The highest BCUT2D eigenvalue weighted by Crippen LogP contribution is 2.27. The van der Waals surface area contributed by atoms with Gasteiger partial charge in [0.1, 0.15) is 0 Å². The van der Waals surface area contributed by atoms with Crippen molar-refractivity contribution in [2.24, 2.45) is 0 Å². The van der Waals surface area contributed by atoms with Gasteiger partial charge in [-0.1, -0.05) is 30.3 Å². The fourth-order valence-corrected chi connectivity index (χ4v) is 1.89. The summed E-state index contributed by atoms with van der Waals surface area (Å²) in [5.74, 6) is -0.560. The van der Waals surface area contributed by atoms with Crippen LogP contribution in [-0.4, -0.2) is 17.5 Å². The monoisotopic (exact) mass is 271 g/mol. The molecule has 0 aromatic heterocycles. The Hall–Kier alpha value is -2.69. The zero-order valence-corrected chi connectivity index (χ0v) is 10.9. The van der Waals surface area contributed by atoms with Crippen LogP contribution in [0.5, 0.6) is 0 Å². The molecule has 5 nitrogen and oxygen atoms in total. The van der Waals surface area contributed by atoms with Crippen molar-refractivity contribution >= 4 is 11.7 Å². The third-order valence-electron chi connectivity index (χ3n) is 2.79. The molecule has 0 unspecified atom stereocenters. The second-order valence-electron chi connectivity index (χ2n) is 4.07. The van der Waals surface area contributed by atoms with E-state index in [1.54, 1.807) is 13.0 Å². The maximum absolute atomic E-state index is 12.0. The molecular weight excluding hydrogens is 258 g/mol. The third kappa shape index (κ3) is 2.83. The third-order valence-corrected chi connectivity index (χ3v) is 2.79. The lowest BCUT2D eigenvalue weighted by atomic mass is 9.99. The van der Waals surface area contributed by atoms with Crippen LogP contribution in [0.1, 0.15) is 17.3 Å². The van der Waals surface area contributed by atoms with Gasteiger partial charge in [0, 0.05) is 12.1 Å². The summed E-state index contributed by atoms with van der Waals surface area (Å²) >= 11 is 0. The standard InChI is InChI=1S/C15H13NO4/c1-2-20-15(17)14-10-12(16(18)19)8-9-13(14)11-6-4-3-5-7-11/h3-10H,2H2,1H3. The van der Waals surface area contributed by atoms with E-state index in [0.717, 1.165) is 5.56 Å². The van der Waals surface area contributed by atoms with Crippen LogP contribution in [0.25, 0.3) is 11.1 Å². The highest BCUT2D eigenvalue weighted by Gasteiger charge is 2.18. The molecule has 0 saturated carbocycles. The minimum atomic E-state index is -0.560. The second-order valence-corrected chi connectivity index (χ2v) is 4.07. The molecule has 0 bridgehead atoms. The van der Waals surface area contributed by atoms with E-state index < -0.39 is 10.9 Å². The van der Waals surface area contributed by atoms with Crippen LogP contribution in [0.15, 0.2) is 48.5 Å². The molecule has 0 aliphatic heterocycles. The number of benzene rings is 2. The van der Waals surface area contributed by atoms with Crippen molar-refractivity contribution in [3.8, 4) is 11.1 Å². The van der Waals surface area contributed by atoms with Crippen LogP contribution in [-0.2, 0) is 4.74 Å². The Bertz CT molecular complexity index is 638. The maximum Gasteiger partial charge on any atom is 0.339 e. The van der Waals surface area contributed by atoms with Gasteiger partial charge in [-0.2, -0.15) is 0 Å². The summed E-state index contributed by atoms with van der Waals surface area (Å²) in [5.41, 5.74) is 1.50. The number of nitrogens with zero attached hydrogens (tertiary/aromatic N) is 1. The summed E-state index contributed by atoms with van der Waals surface area (Å²) in [6.45, 7) is 1.91. The minimum Gasteiger partial charge on any atom is -0.462 e. The van der Waals surface area contributed by atoms with Crippen molar-refractivity contribution in [1.82, 2.24) is 0 Å². The number of hydrogen-bond acceptors (Lipinski definition) is 4. The minimum absolute atomic E-state index is 0.132. The molecule has 0 aliphatic carbocycles.